The van der Waals surface area contributed by atoms with Gasteiger partial charge >= 0.3 is 0 Å². The molecule has 0 radical (unpaired) electrons. The summed E-state index contributed by atoms with van der Waals surface area (Å²) in [6.45, 7) is 2.67. The van der Waals surface area contributed by atoms with Gasteiger partial charge < -0.3 is 9.47 Å². The van der Waals surface area contributed by atoms with Gasteiger partial charge in [0.2, 0.25) is 0 Å². The van der Waals surface area contributed by atoms with Crippen molar-refractivity contribution in [2.24, 2.45) is 5.84 Å². The van der Waals surface area contributed by atoms with Gasteiger partial charge in [0.25, 0.3) is 0 Å². The molecule has 0 amide bonds. The first kappa shape index (κ1) is 16.3. The Bertz CT molecular complexity index is 411. The van der Waals surface area contributed by atoms with Crippen molar-refractivity contribution >= 4 is 0 Å². The van der Waals surface area contributed by atoms with Gasteiger partial charge in [-0.15, -0.1) is 0 Å². The molecule has 4 nitrogen and oxygen atoms in total. The quantitative estimate of drug-likeness (QED) is 0.480. The van der Waals surface area contributed by atoms with Gasteiger partial charge in [0.15, 0.2) is 0 Å². The fraction of sp³-hybridized carbons (Fsp3) is 0.647. The van der Waals surface area contributed by atoms with Gasteiger partial charge in [0.1, 0.15) is 5.75 Å². The third-order valence-electron chi connectivity index (χ3n) is 4.57. The van der Waals surface area contributed by atoms with Crippen LogP contribution in [0.2, 0.25) is 0 Å². The van der Waals surface area contributed by atoms with Crippen molar-refractivity contribution in [1.82, 2.24) is 5.43 Å². The first-order valence-electron chi connectivity index (χ1n) is 8.00. The van der Waals surface area contributed by atoms with Gasteiger partial charge in [-0.1, -0.05) is 37.8 Å². The van der Waals surface area contributed by atoms with E-state index in [1.807, 2.05) is 26.2 Å². The van der Waals surface area contributed by atoms with Crippen LogP contribution in [0.4, 0.5) is 0 Å². The predicted octanol–water partition coefficient (Wildman–Crippen LogP) is 3.33. The van der Waals surface area contributed by atoms with E-state index in [0.29, 0.717) is 6.61 Å². The van der Waals surface area contributed by atoms with Crippen LogP contribution in [-0.4, -0.2) is 19.3 Å². The van der Waals surface area contributed by atoms with Crippen molar-refractivity contribution in [1.29, 1.82) is 0 Å². The minimum atomic E-state index is -0.210. The van der Waals surface area contributed by atoms with E-state index < -0.39 is 0 Å². The number of ether oxygens (including phenoxy) is 2. The molecule has 0 bridgehead atoms. The molecule has 3 N–H and O–H groups in total. The average molecular weight is 292 g/mol. The molecule has 0 spiro atoms. The van der Waals surface area contributed by atoms with Gasteiger partial charge in [0.05, 0.1) is 18.2 Å². The molecule has 1 unspecified atom stereocenters. The van der Waals surface area contributed by atoms with Crippen LogP contribution in [0.3, 0.4) is 0 Å². The standard InChI is InChI=1S/C17H28N2O2/c1-3-21-15-10-8-14(9-11-15)16(19-18)17(20-2)12-6-4-5-7-13-17/h8-11,16,19H,3-7,12-13,18H2,1-2H3. The lowest BCUT2D eigenvalue weighted by Crippen LogP contribution is -2.47. The molecule has 0 saturated heterocycles. The van der Waals surface area contributed by atoms with E-state index in [0.717, 1.165) is 24.2 Å². The van der Waals surface area contributed by atoms with E-state index in [9.17, 15) is 0 Å². The largest absolute Gasteiger partial charge is 0.494 e. The summed E-state index contributed by atoms with van der Waals surface area (Å²) < 4.78 is 11.5. The van der Waals surface area contributed by atoms with Crippen molar-refractivity contribution in [3.8, 4) is 5.75 Å². The molecule has 1 aromatic rings. The number of nitrogens with two attached hydrogens (primary N) is 1. The van der Waals surface area contributed by atoms with Crippen LogP contribution in [0.25, 0.3) is 0 Å². The zero-order chi connectivity index (χ0) is 15.1. The number of rotatable bonds is 6. The topological polar surface area (TPSA) is 56.5 Å². The summed E-state index contributed by atoms with van der Waals surface area (Å²) in [5.74, 6) is 6.78. The lowest BCUT2D eigenvalue weighted by atomic mass is 9.82. The van der Waals surface area contributed by atoms with Gasteiger partial charge in [-0.3, -0.25) is 11.3 Å². The Hall–Kier alpha value is -1.10. The lowest BCUT2D eigenvalue weighted by Gasteiger charge is -2.39. The monoisotopic (exact) mass is 292 g/mol. The second-order valence-electron chi connectivity index (χ2n) is 5.78. The molecule has 1 saturated carbocycles. The SMILES string of the molecule is CCOc1ccc(C(NN)C2(OC)CCCCCC2)cc1. The second-order valence-corrected chi connectivity index (χ2v) is 5.78. The summed E-state index contributed by atoms with van der Waals surface area (Å²) in [5.41, 5.74) is 3.94. The van der Waals surface area contributed by atoms with Crippen molar-refractivity contribution in [2.45, 2.75) is 57.1 Å². The Morgan fingerprint density at radius 3 is 2.24 bits per heavy atom. The Labute approximate surface area is 128 Å². The molecule has 0 heterocycles. The van der Waals surface area contributed by atoms with Gasteiger partial charge in [-0.25, -0.2) is 0 Å². The molecule has 0 aromatic heterocycles. The molecular formula is C17H28N2O2. The maximum absolute atomic E-state index is 5.97. The number of hydrogen-bond donors (Lipinski definition) is 2. The van der Waals surface area contributed by atoms with E-state index in [1.54, 1.807) is 0 Å². The Morgan fingerprint density at radius 2 is 1.76 bits per heavy atom. The highest BCUT2D eigenvalue weighted by Crippen LogP contribution is 2.40. The fourth-order valence-corrected chi connectivity index (χ4v) is 3.41. The maximum Gasteiger partial charge on any atom is 0.119 e. The molecule has 4 heteroatoms. The molecule has 1 aliphatic carbocycles. The molecule has 1 atom stereocenters. The highest BCUT2D eigenvalue weighted by Gasteiger charge is 2.39. The predicted molar refractivity (Wildman–Crippen MR) is 85.1 cm³/mol. The minimum Gasteiger partial charge on any atom is -0.494 e. The molecule has 1 aromatic carbocycles. The van der Waals surface area contributed by atoms with Crippen LogP contribution in [0.5, 0.6) is 5.75 Å². The normalized spacial score (nSPS) is 19.8. The molecule has 1 fully saturated rings. The number of nitrogens with one attached hydrogen (secondary N) is 1. The summed E-state index contributed by atoms with van der Waals surface area (Å²) in [6.07, 6.45) is 7.06. The summed E-state index contributed by atoms with van der Waals surface area (Å²) in [4.78, 5) is 0. The number of hydrogen-bond acceptors (Lipinski definition) is 4. The molecule has 118 valence electrons. The highest BCUT2D eigenvalue weighted by atomic mass is 16.5. The van der Waals surface area contributed by atoms with Gasteiger partial charge in [-0.05, 0) is 37.5 Å². The zero-order valence-electron chi connectivity index (χ0n) is 13.2. The van der Waals surface area contributed by atoms with Crippen molar-refractivity contribution in [3.05, 3.63) is 29.8 Å². The van der Waals surface area contributed by atoms with Crippen LogP contribution in [0.1, 0.15) is 57.1 Å². The molecule has 2 rings (SSSR count). The van der Waals surface area contributed by atoms with E-state index in [1.165, 1.54) is 25.7 Å². The van der Waals surface area contributed by atoms with Gasteiger partial charge in [-0.2, -0.15) is 0 Å². The molecule has 21 heavy (non-hydrogen) atoms. The van der Waals surface area contributed by atoms with Crippen molar-refractivity contribution < 1.29 is 9.47 Å². The third kappa shape index (κ3) is 3.76. The summed E-state index contributed by atoms with van der Waals surface area (Å²) in [6, 6.07) is 8.19. The second kappa shape index (κ2) is 7.78. The summed E-state index contributed by atoms with van der Waals surface area (Å²) in [7, 11) is 1.81. The average Bonchev–Trinajstić information content (AvgIpc) is 2.76. The molecular weight excluding hydrogens is 264 g/mol. The van der Waals surface area contributed by atoms with Crippen LogP contribution in [0, 0.1) is 0 Å². The number of hydrazine groups is 1. The van der Waals surface area contributed by atoms with Crippen LogP contribution in [-0.2, 0) is 4.74 Å². The number of methoxy groups -OCH3 is 1. The Morgan fingerprint density at radius 1 is 1.14 bits per heavy atom. The lowest BCUT2D eigenvalue weighted by molar-refractivity contribution is -0.0541. The molecule has 1 aliphatic rings. The van der Waals surface area contributed by atoms with Crippen LogP contribution in [0.15, 0.2) is 24.3 Å². The van der Waals surface area contributed by atoms with E-state index >= 15 is 0 Å². The summed E-state index contributed by atoms with van der Waals surface area (Å²) >= 11 is 0. The zero-order valence-corrected chi connectivity index (χ0v) is 13.2. The van der Waals surface area contributed by atoms with Gasteiger partial charge in [0, 0.05) is 7.11 Å². The first-order chi connectivity index (χ1) is 10.3. The summed E-state index contributed by atoms with van der Waals surface area (Å²) in [5, 5.41) is 0. The molecule has 0 aliphatic heterocycles. The van der Waals surface area contributed by atoms with Crippen molar-refractivity contribution in [2.75, 3.05) is 13.7 Å². The maximum atomic E-state index is 5.97. The number of benzene rings is 1. The fourth-order valence-electron chi connectivity index (χ4n) is 3.41. The van der Waals surface area contributed by atoms with E-state index in [2.05, 4.69) is 17.6 Å². The van der Waals surface area contributed by atoms with E-state index in [-0.39, 0.29) is 11.6 Å². The minimum absolute atomic E-state index is 0.0104. The van der Waals surface area contributed by atoms with Crippen LogP contribution < -0.4 is 16.0 Å². The van der Waals surface area contributed by atoms with Crippen molar-refractivity contribution in [3.63, 3.8) is 0 Å². The smallest absolute Gasteiger partial charge is 0.119 e. The van der Waals surface area contributed by atoms with Crippen LogP contribution >= 0.6 is 0 Å². The third-order valence-corrected chi connectivity index (χ3v) is 4.57. The Kier molecular flexibility index (Phi) is 6.03. The Balaban J connectivity index is 2.23. The first-order valence-corrected chi connectivity index (χ1v) is 8.00. The van der Waals surface area contributed by atoms with E-state index in [4.69, 9.17) is 15.3 Å². The highest BCUT2D eigenvalue weighted by molar-refractivity contribution is 5.31.